The average Bonchev–Trinajstić information content (AvgIpc) is 3.81. The fourth-order valence-corrected chi connectivity index (χ4v) is 8.58. The first kappa shape index (κ1) is 29.2. The van der Waals surface area contributed by atoms with Crippen LogP contribution in [0.4, 0.5) is 17.1 Å². The Kier molecular flexibility index (Phi) is 6.01. The fourth-order valence-electron chi connectivity index (χ4n) is 8.58. The van der Waals surface area contributed by atoms with Crippen molar-refractivity contribution in [3.63, 3.8) is 0 Å². The molecule has 0 spiro atoms. The van der Waals surface area contributed by atoms with Crippen LogP contribution in [0.15, 0.2) is 173 Å². The zero-order chi connectivity index (χ0) is 34.6. The van der Waals surface area contributed by atoms with Crippen LogP contribution >= 0.6 is 0 Å². The number of rotatable bonds is 4. The van der Waals surface area contributed by atoms with Crippen molar-refractivity contribution in [3.8, 4) is 22.3 Å². The Labute approximate surface area is 301 Å². The zero-order valence-electron chi connectivity index (χ0n) is 28.9. The molecule has 0 N–H and O–H groups in total. The molecule has 0 bridgehead atoms. The summed E-state index contributed by atoms with van der Waals surface area (Å²) in [6.07, 6.45) is 0. The van der Waals surface area contributed by atoms with Gasteiger partial charge in [-0.1, -0.05) is 105 Å². The van der Waals surface area contributed by atoms with Gasteiger partial charge < -0.3 is 13.7 Å². The van der Waals surface area contributed by atoms with E-state index in [1.54, 1.807) is 0 Å². The number of furan rings is 2. The van der Waals surface area contributed by atoms with Crippen LogP contribution in [0.5, 0.6) is 0 Å². The van der Waals surface area contributed by atoms with Gasteiger partial charge in [-0.25, -0.2) is 0 Å². The average molecular weight is 668 g/mol. The Morgan fingerprint density at radius 2 is 0.981 bits per heavy atom. The summed E-state index contributed by atoms with van der Waals surface area (Å²) >= 11 is 0. The third-order valence-corrected chi connectivity index (χ3v) is 11.2. The minimum Gasteiger partial charge on any atom is -0.456 e. The third kappa shape index (κ3) is 4.26. The van der Waals surface area contributed by atoms with Gasteiger partial charge in [-0.15, -0.1) is 0 Å². The molecule has 11 rings (SSSR count). The first-order valence-corrected chi connectivity index (χ1v) is 17.9. The van der Waals surface area contributed by atoms with E-state index in [0.29, 0.717) is 0 Å². The van der Waals surface area contributed by atoms with Crippen LogP contribution in [0, 0.1) is 0 Å². The SMILES string of the molecule is CC1(C)c2ccccc2-c2ccc(N(c3ccc(-c4ccc5cc6c(cc5c4)oc4ccccc46)cc3)c3ccc4c(c3)oc3ccccc34)cc21. The Bertz CT molecular complexity index is 3050. The molecule has 2 aromatic heterocycles. The van der Waals surface area contributed by atoms with E-state index < -0.39 is 0 Å². The van der Waals surface area contributed by atoms with Crippen molar-refractivity contribution in [2.45, 2.75) is 19.3 Å². The van der Waals surface area contributed by atoms with Crippen molar-refractivity contribution < 1.29 is 8.83 Å². The van der Waals surface area contributed by atoms with Gasteiger partial charge in [0.2, 0.25) is 0 Å². The molecule has 52 heavy (non-hydrogen) atoms. The number of anilines is 3. The minimum atomic E-state index is -0.107. The van der Waals surface area contributed by atoms with E-state index >= 15 is 0 Å². The second-order valence-corrected chi connectivity index (χ2v) is 14.6. The van der Waals surface area contributed by atoms with E-state index in [9.17, 15) is 0 Å². The van der Waals surface area contributed by atoms with Crippen LogP contribution in [0.1, 0.15) is 25.0 Å². The number of hydrogen-bond donors (Lipinski definition) is 0. The molecule has 10 aromatic rings. The number of fused-ring (bicyclic) bond motifs is 10. The minimum absolute atomic E-state index is 0.107. The topological polar surface area (TPSA) is 29.5 Å². The highest BCUT2D eigenvalue weighted by molar-refractivity contribution is 6.10. The second kappa shape index (κ2) is 10.7. The summed E-state index contributed by atoms with van der Waals surface area (Å²) in [5.74, 6) is 0. The van der Waals surface area contributed by atoms with Gasteiger partial charge in [0.15, 0.2) is 0 Å². The lowest BCUT2D eigenvalue weighted by atomic mass is 9.82. The Morgan fingerprint density at radius 1 is 0.385 bits per heavy atom. The van der Waals surface area contributed by atoms with Gasteiger partial charge in [-0.2, -0.15) is 0 Å². The summed E-state index contributed by atoms with van der Waals surface area (Å²) < 4.78 is 12.6. The molecular weight excluding hydrogens is 635 g/mol. The van der Waals surface area contributed by atoms with E-state index in [4.69, 9.17) is 8.83 Å². The molecule has 3 nitrogen and oxygen atoms in total. The summed E-state index contributed by atoms with van der Waals surface area (Å²) in [7, 11) is 0. The summed E-state index contributed by atoms with van der Waals surface area (Å²) in [5, 5.41) is 6.92. The summed E-state index contributed by atoms with van der Waals surface area (Å²) in [6.45, 7) is 4.67. The molecule has 246 valence electrons. The van der Waals surface area contributed by atoms with E-state index in [0.717, 1.165) is 71.9 Å². The maximum atomic E-state index is 6.39. The molecule has 0 amide bonds. The summed E-state index contributed by atoms with van der Waals surface area (Å²) in [5.41, 5.74) is 14.4. The van der Waals surface area contributed by atoms with Crippen molar-refractivity contribution in [1.82, 2.24) is 0 Å². The molecule has 1 aliphatic carbocycles. The highest BCUT2D eigenvalue weighted by Gasteiger charge is 2.35. The second-order valence-electron chi connectivity index (χ2n) is 14.6. The van der Waals surface area contributed by atoms with Gasteiger partial charge in [0, 0.05) is 50.1 Å². The lowest BCUT2D eigenvalue weighted by Gasteiger charge is -2.28. The monoisotopic (exact) mass is 667 g/mol. The Hall–Kier alpha value is -6.58. The molecule has 0 aliphatic heterocycles. The van der Waals surface area contributed by atoms with Gasteiger partial charge in [0.05, 0.1) is 0 Å². The summed E-state index contributed by atoms with van der Waals surface area (Å²) in [6, 6.07) is 58.9. The number of benzene rings is 8. The van der Waals surface area contributed by atoms with Crippen molar-refractivity contribution in [3.05, 3.63) is 175 Å². The molecule has 2 heterocycles. The van der Waals surface area contributed by atoms with Gasteiger partial charge >= 0.3 is 0 Å². The lowest BCUT2D eigenvalue weighted by molar-refractivity contribution is 0.660. The molecule has 3 heteroatoms. The van der Waals surface area contributed by atoms with Crippen molar-refractivity contribution >= 4 is 71.7 Å². The smallest absolute Gasteiger partial charge is 0.137 e. The zero-order valence-corrected chi connectivity index (χ0v) is 28.9. The van der Waals surface area contributed by atoms with Crippen molar-refractivity contribution in [1.29, 1.82) is 0 Å². The van der Waals surface area contributed by atoms with Crippen molar-refractivity contribution in [2.75, 3.05) is 4.90 Å². The van der Waals surface area contributed by atoms with Gasteiger partial charge in [0.1, 0.15) is 22.3 Å². The van der Waals surface area contributed by atoms with Crippen LogP contribution in [-0.4, -0.2) is 0 Å². The molecular formula is C49H33NO2. The third-order valence-electron chi connectivity index (χ3n) is 11.2. The molecule has 0 saturated carbocycles. The van der Waals surface area contributed by atoms with E-state index in [2.05, 4.69) is 158 Å². The maximum Gasteiger partial charge on any atom is 0.137 e. The lowest BCUT2D eigenvalue weighted by Crippen LogP contribution is -2.16. The first-order valence-electron chi connectivity index (χ1n) is 17.9. The van der Waals surface area contributed by atoms with Crippen LogP contribution in [0.3, 0.4) is 0 Å². The number of hydrogen-bond acceptors (Lipinski definition) is 3. The molecule has 0 fully saturated rings. The Morgan fingerprint density at radius 3 is 1.79 bits per heavy atom. The number of nitrogens with zero attached hydrogens (tertiary/aromatic N) is 1. The maximum absolute atomic E-state index is 6.39. The molecule has 0 unspecified atom stereocenters. The summed E-state index contributed by atoms with van der Waals surface area (Å²) in [4.78, 5) is 2.36. The predicted octanol–water partition coefficient (Wildman–Crippen LogP) is 14.1. The highest BCUT2D eigenvalue weighted by Crippen LogP contribution is 2.51. The normalized spacial score (nSPS) is 13.3. The van der Waals surface area contributed by atoms with Gasteiger partial charge in [-0.05, 0) is 111 Å². The van der Waals surface area contributed by atoms with Crippen molar-refractivity contribution in [2.24, 2.45) is 0 Å². The van der Waals surface area contributed by atoms with E-state index in [-0.39, 0.29) is 5.41 Å². The van der Waals surface area contributed by atoms with E-state index in [1.807, 2.05) is 24.3 Å². The fraction of sp³-hybridized carbons (Fsp3) is 0.0612. The molecule has 0 saturated heterocycles. The molecule has 0 atom stereocenters. The Balaban J connectivity index is 1.03. The van der Waals surface area contributed by atoms with Crippen LogP contribution in [-0.2, 0) is 5.41 Å². The standard InChI is InChI=1S/C49H33NO2/c1-49(2)43-12-6-3-9-37(43)38-23-21-35(28-44(38)49)50(36-22-24-41-39-10-4-7-13-45(39)52-48(41)29-36)34-19-17-30(18-20-34)31-15-16-32-26-42-40-11-5-8-14-46(40)51-47(42)27-33(32)25-31/h3-29H,1-2H3. The highest BCUT2D eigenvalue weighted by atomic mass is 16.3. The first-order chi connectivity index (χ1) is 25.5. The van der Waals surface area contributed by atoms with Crippen LogP contribution < -0.4 is 4.90 Å². The quantitative estimate of drug-likeness (QED) is 0.187. The molecule has 0 radical (unpaired) electrons. The van der Waals surface area contributed by atoms with E-state index in [1.165, 1.54) is 33.2 Å². The molecule has 8 aromatic carbocycles. The van der Waals surface area contributed by atoms with Gasteiger partial charge in [-0.3, -0.25) is 0 Å². The van der Waals surface area contributed by atoms with Crippen LogP contribution in [0.2, 0.25) is 0 Å². The van der Waals surface area contributed by atoms with Gasteiger partial charge in [0.25, 0.3) is 0 Å². The number of para-hydroxylation sites is 2. The predicted molar refractivity (Wildman–Crippen MR) is 216 cm³/mol. The van der Waals surface area contributed by atoms with Crippen LogP contribution in [0.25, 0.3) is 76.9 Å². The molecule has 1 aliphatic rings. The largest absolute Gasteiger partial charge is 0.456 e.